The molecule has 1 aromatic heterocycles. The van der Waals surface area contributed by atoms with Gasteiger partial charge in [0, 0.05) is 22.1 Å². The number of halogens is 3. The second-order valence-electron chi connectivity index (χ2n) is 3.67. The SMILES string of the molecule is [2H]C([2H])([2H])c1ccc(-n2cc(C(F)(F)F)ccc2=O)cc1. The maximum Gasteiger partial charge on any atom is 0.417 e. The van der Waals surface area contributed by atoms with Crippen LogP contribution in [0, 0.1) is 6.85 Å². The summed E-state index contributed by atoms with van der Waals surface area (Å²) >= 11 is 0. The zero-order valence-corrected chi connectivity index (χ0v) is 9.03. The Labute approximate surface area is 106 Å². The van der Waals surface area contributed by atoms with Crippen LogP contribution in [-0.4, -0.2) is 4.57 Å². The normalized spacial score (nSPS) is 14.7. The van der Waals surface area contributed by atoms with Gasteiger partial charge >= 0.3 is 6.18 Å². The predicted octanol–water partition coefficient (Wildman–Crippen LogP) is 3.16. The number of alkyl halides is 3. The predicted molar refractivity (Wildman–Crippen MR) is 61.8 cm³/mol. The van der Waals surface area contributed by atoms with Crippen LogP contribution in [-0.2, 0) is 6.18 Å². The van der Waals surface area contributed by atoms with Crippen molar-refractivity contribution in [1.29, 1.82) is 0 Å². The summed E-state index contributed by atoms with van der Waals surface area (Å²) in [4.78, 5) is 11.7. The van der Waals surface area contributed by atoms with Crippen molar-refractivity contribution in [1.82, 2.24) is 4.57 Å². The first kappa shape index (κ1) is 8.97. The highest BCUT2D eigenvalue weighted by Gasteiger charge is 2.31. The lowest BCUT2D eigenvalue weighted by Crippen LogP contribution is -2.19. The third-order valence-electron chi connectivity index (χ3n) is 2.38. The topological polar surface area (TPSA) is 22.0 Å². The average Bonchev–Trinajstić information content (AvgIpc) is 2.37. The van der Waals surface area contributed by atoms with Crippen molar-refractivity contribution >= 4 is 0 Å². The fraction of sp³-hybridized carbons (Fsp3) is 0.154. The Morgan fingerprint density at radius 1 is 1.11 bits per heavy atom. The maximum absolute atomic E-state index is 12.6. The Morgan fingerprint density at radius 3 is 2.33 bits per heavy atom. The second-order valence-corrected chi connectivity index (χ2v) is 3.67. The maximum atomic E-state index is 12.6. The molecule has 0 atom stereocenters. The van der Waals surface area contributed by atoms with Gasteiger partial charge in [0.2, 0.25) is 0 Å². The van der Waals surface area contributed by atoms with Crippen LogP contribution in [0.2, 0.25) is 0 Å². The molecule has 0 spiro atoms. The Kier molecular flexibility index (Phi) is 2.15. The van der Waals surface area contributed by atoms with E-state index >= 15 is 0 Å². The Hall–Kier alpha value is -2.04. The molecule has 0 radical (unpaired) electrons. The Morgan fingerprint density at radius 2 is 1.78 bits per heavy atom. The highest BCUT2D eigenvalue weighted by atomic mass is 19.4. The number of benzene rings is 1. The summed E-state index contributed by atoms with van der Waals surface area (Å²) in [5.41, 5.74) is -1.38. The lowest BCUT2D eigenvalue weighted by molar-refractivity contribution is -0.138. The molecule has 0 amide bonds. The van der Waals surface area contributed by atoms with Gasteiger partial charge in [-0.05, 0) is 25.1 Å². The van der Waals surface area contributed by atoms with E-state index in [4.69, 9.17) is 4.11 Å². The van der Waals surface area contributed by atoms with Gasteiger partial charge in [0.05, 0.1) is 5.56 Å². The summed E-state index contributed by atoms with van der Waals surface area (Å²) < 4.78 is 60.4. The molecule has 0 N–H and O–H groups in total. The summed E-state index contributed by atoms with van der Waals surface area (Å²) in [6, 6.07) is 6.63. The minimum Gasteiger partial charge on any atom is -0.284 e. The molecule has 2 nitrogen and oxygen atoms in total. The van der Waals surface area contributed by atoms with E-state index in [9.17, 15) is 18.0 Å². The number of aromatic nitrogens is 1. The molecule has 0 unspecified atom stereocenters. The molecule has 0 aliphatic rings. The van der Waals surface area contributed by atoms with Gasteiger partial charge < -0.3 is 0 Å². The molecule has 18 heavy (non-hydrogen) atoms. The van der Waals surface area contributed by atoms with Crippen LogP contribution in [0.25, 0.3) is 5.69 Å². The van der Waals surface area contributed by atoms with Crippen LogP contribution in [0.3, 0.4) is 0 Å². The third-order valence-corrected chi connectivity index (χ3v) is 2.38. The molecule has 0 bridgehead atoms. The molecule has 1 aromatic carbocycles. The number of rotatable bonds is 1. The zero-order chi connectivity index (χ0) is 15.8. The van der Waals surface area contributed by atoms with Gasteiger partial charge in [-0.2, -0.15) is 13.2 Å². The van der Waals surface area contributed by atoms with Crippen molar-refractivity contribution in [3.63, 3.8) is 0 Å². The Bertz CT molecular complexity index is 702. The molecule has 1 heterocycles. The van der Waals surface area contributed by atoms with Crippen molar-refractivity contribution in [3.05, 3.63) is 64.1 Å². The lowest BCUT2D eigenvalue weighted by atomic mass is 10.2. The zero-order valence-electron chi connectivity index (χ0n) is 12.0. The number of pyridine rings is 1. The standard InChI is InChI=1S/C13H10F3NO/c1-9-2-5-11(6-3-9)17-8-10(13(14,15)16)4-7-12(17)18/h2-8H,1H3/i1D3. The second kappa shape index (κ2) is 4.33. The minimum absolute atomic E-state index is 0.0475. The van der Waals surface area contributed by atoms with E-state index in [1.807, 2.05) is 0 Å². The van der Waals surface area contributed by atoms with E-state index in [2.05, 4.69) is 0 Å². The van der Waals surface area contributed by atoms with Crippen molar-refractivity contribution < 1.29 is 17.3 Å². The van der Waals surface area contributed by atoms with Crippen LogP contribution in [0.5, 0.6) is 0 Å². The largest absolute Gasteiger partial charge is 0.417 e. The number of aryl methyl sites for hydroxylation is 1. The summed E-state index contributed by atoms with van der Waals surface area (Å²) in [6.45, 7) is -2.31. The Balaban J connectivity index is 2.49. The van der Waals surface area contributed by atoms with E-state index in [1.54, 1.807) is 0 Å². The van der Waals surface area contributed by atoms with Crippen LogP contribution >= 0.6 is 0 Å². The van der Waals surface area contributed by atoms with Crippen molar-refractivity contribution in [2.45, 2.75) is 13.0 Å². The van der Waals surface area contributed by atoms with Gasteiger partial charge in [-0.25, -0.2) is 0 Å². The van der Waals surface area contributed by atoms with E-state index in [1.165, 1.54) is 24.3 Å². The quantitative estimate of drug-likeness (QED) is 0.768. The molecular formula is C13H10F3NO. The van der Waals surface area contributed by atoms with Crippen molar-refractivity contribution in [2.24, 2.45) is 0 Å². The summed E-state index contributed by atoms with van der Waals surface area (Å²) in [7, 11) is 0. The molecule has 0 aliphatic heterocycles. The third kappa shape index (κ3) is 2.45. The van der Waals surface area contributed by atoms with E-state index in [-0.39, 0.29) is 11.3 Å². The first-order valence-electron chi connectivity index (χ1n) is 6.50. The van der Waals surface area contributed by atoms with E-state index in [0.29, 0.717) is 12.3 Å². The highest BCUT2D eigenvalue weighted by Crippen LogP contribution is 2.28. The van der Waals surface area contributed by atoms with Gasteiger partial charge in [0.25, 0.3) is 5.56 Å². The fourth-order valence-corrected chi connectivity index (χ4v) is 1.48. The fourth-order valence-electron chi connectivity index (χ4n) is 1.48. The first-order valence-corrected chi connectivity index (χ1v) is 5.00. The van der Waals surface area contributed by atoms with E-state index < -0.39 is 24.2 Å². The molecule has 94 valence electrons. The lowest BCUT2D eigenvalue weighted by Gasteiger charge is -2.10. The molecule has 0 aliphatic carbocycles. The molecule has 2 rings (SSSR count). The number of hydrogen-bond acceptors (Lipinski definition) is 1. The summed E-state index contributed by atoms with van der Waals surface area (Å²) in [5.74, 6) is 0. The molecule has 2 aromatic rings. The van der Waals surface area contributed by atoms with Crippen LogP contribution in [0.1, 0.15) is 15.2 Å². The minimum atomic E-state index is -4.56. The molecule has 5 heteroatoms. The number of nitrogens with zero attached hydrogens (tertiary/aromatic N) is 1. The van der Waals surface area contributed by atoms with Gasteiger partial charge in [-0.1, -0.05) is 17.7 Å². The first-order chi connectivity index (χ1) is 9.59. The van der Waals surface area contributed by atoms with Gasteiger partial charge in [-0.15, -0.1) is 0 Å². The molecule has 0 fully saturated rings. The van der Waals surface area contributed by atoms with Gasteiger partial charge in [0.15, 0.2) is 0 Å². The smallest absolute Gasteiger partial charge is 0.284 e. The highest BCUT2D eigenvalue weighted by molar-refractivity contribution is 5.35. The monoisotopic (exact) mass is 256 g/mol. The van der Waals surface area contributed by atoms with Crippen LogP contribution in [0.4, 0.5) is 13.2 Å². The number of hydrogen-bond donors (Lipinski definition) is 0. The molecule has 0 saturated carbocycles. The van der Waals surface area contributed by atoms with Gasteiger partial charge in [-0.3, -0.25) is 9.36 Å². The average molecular weight is 256 g/mol. The van der Waals surface area contributed by atoms with Crippen molar-refractivity contribution in [2.75, 3.05) is 0 Å². The summed E-state index contributed by atoms with van der Waals surface area (Å²) in [5, 5.41) is 0. The molecule has 0 saturated heterocycles. The van der Waals surface area contributed by atoms with Crippen molar-refractivity contribution in [3.8, 4) is 5.69 Å². The summed E-state index contributed by atoms with van der Waals surface area (Å²) in [6.07, 6.45) is -3.87. The molecular weight excluding hydrogens is 243 g/mol. The van der Waals surface area contributed by atoms with E-state index in [0.717, 1.165) is 10.6 Å². The van der Waals surface area contributed by atoms with Crippen LogP contribution in [0.15, 0.2) is 47.4 Å². The van der Waals surface area contributed by atoms with Crippen LogP contribution < -0.4 is 5.56 Å². The van der Waals surface area contributed by atoms with Gasteiger partial charge in [0.1, 0.15) is 0 Å².